The third-order valence-corrected chi connectivity index (χ3v) is 12.3. The number of hydrogen-bond donors (Lipinski definition) is 1. The molecule has 0 radical (unpaired) electrons. The van der Waals surface area contributed by atoms with E-state index in [4.69, 9.17) is 14.2 Å². The summed E-state index contributed by atoms with van der Waals surface area (Å²) in [6.07, 6.45) is 20.4. The Morgan fingerprint density at radius 1 is 0.378 bits per heavy atom. The number of rotatable bonds is 21. The Morgan fingerprint density at radius 3 is 0.951 bits per heavy atom. The minimum absolute atomic E-state index is 0.00801. The van der Waals surface area contributed by atoms with Crippen molar-refractivity contribution in [2.75, 3.05) is 13.9 Å². The predicted octanol–water partition coefficient (Wildman–Crippen LogP) is 17.0. The summed E-state index contributed by atoms with van der Waals surface area (Å²) in [5.41, 5.74) is 7.31. The SMILES string of the molecule is COCOc1cc(C(=O)O)c(Sc2ccccc2)cc1OCc1ccccc1.O=C(C=Cc1ccccc1)C=Cc1ccccc1.O=C(C=Cc1ccccc1)C=Cc1ccccc1.O=C(C=Cc1ccccc1)C=Cc1ccccc1. The molecule has 0 heterocycles. The number of benzene rings is 9. The molecule has 9 aromatic carbocycles. The zero-order valence-electron chi connectivity index (χ0n) is 45.3. The molecule has 0 bridgehead atoms. The second kappa shape index (κ2) is 36.1. The van der Waals surface area contributed by atoms with Gasteiger partial charge in [-0.1, -0.05) is 279 Å². The van der Waals surface area contributed by atoms with Crippen LogP contribution in [0, 0.1) is 0 Å². The van der Waals surface area contributed by atoms with Crippen LogP contribution in [0.5, 0.6) is 11.5 Å². The Balaban J connectivity index is 0.000000180. The van der Waals surface area contributed by atoms with E-state index in [0.29, 0.717) is 23.0 Å². The van der Waals surface area contributed by atoms with E-state index >= 15 is 0 Å². The lowest BCUT2D eigenvalue weighted by Crippen LogP contribution is -2.06. The van der Waals surface area contributed by atoms with Crippen LogP contribution >= 0.6 is 11.8 Å². The van der Waals surface area contributed by atoms with Gasteiger partial charge in [-0.25, -0.2) is 4.79 Å². The van der Waals surface area contributed by atoms with Crippen molar-refractivity contribution in [2.24, 2.45) is 0 Å². The van der Waals surface area contributed by atoms with Gasteiger partial charge in [0.1, 0.15) is 6.61 Å². The quantitative estimate of drug-likeness (QED) is 0.0555. The lowest BCUT2D eigenvalue weighted by Gasteiger charge is -2.16. The first-order valence-electron chi connectivity index (χ1n) is 26.1. The molecular formula is C73H62O8S. The van der Waals surface area contributed by atoms with Crippen LogP contribution in [0.1, 0.15) is 49.3 Å². The van der Waals surface area contributed by atoms with Crippen molar-refractivity contribution >= 4 is 71.5 Å². The van der Waals surface area contributed by atoms with Crippen LogP contribution in [-0.2, 0) is 25.7 Å². The molecule has 0 atom stereocenters. The Bertz CT molecular complexity index is 3100. The van der Waals surface area contributed by atoms with Gasteiger partial charge in [-0.3, -0.25) is 14.4 Å². The summed E-state index contributed by atoms with van der Waals surface area (Å²) in [5, 5.41) is 9.65. The van der Waals surface area contributed by atoms with Crippen LogP contribution in [0.2, 0.25) is 0 Å². The van der Waals surface area contributed by atoms with Crippen molar-refractivity contribution < 1.29 is 38.5 Å². The standard InChI is InChI=1S/C22H20O5S.3C17H14O/c1-25-15-27-19-12-18(22(23)24)21(28-17-10-6-3-7-11-17)13-20(19)26-14-16-8-4-2-5-9-16;3*18-17(13-11-15-7-3-1-4-8-15)14-12-16-9-5-2-6-10-16/h2-13H,14-15H2,1H3,(H,23,24);3*1-14H. The van der Waals surface area contributed by atoms with Gasteiger partial charge in [0.25, 0.3) is 0 Å². The molecule has 9 aromatic rings. The van der Waals surface area contributed by atoms with E-state index in [1.54, 1.807) is 42.5 Å². The largest absolute Gasteiger partial charge is 0.485 e. The molecule has 0 saturated carbocycles. The smallest absolute Gasteiger partial charge is 0.336 e. The van der Waals surface area contributed by atoms with E-state index < -0.39 is 5.97 Å². The van der Waals surface area contributed by atoms with E-state index in [-0.39, 0.29) is 29.7 Å². The fourth-order valence-corrected chi connectivity index (χ4v) is 8.08. The van der Waals surface area contributed by atoms with Crippen molar-refractivity contribution in [1.82, 2.24) is 0 Å². The Morgan fingerprint density at radius 2 is 0.659 bits per heavy atom. The molecule has 0 spiro atoms. The number of carboxylic acids is 1. The van der Waals surface area contributed by atoms with Crippen molar-refractivity contribution in [1.29, 1.82) is 0 Å². The van der Waals surface area contributed by atoms with Crippen LogP contribution in [-0.4, -0.2) is 42.3 Å². The highest BCUT2D eigenvalue weighted by Gasteiger charge is 2.18. The van der Waals surface area contributed by atoms with Crippen molar-refractivity contribution in [2.45, 2.75) is 16.4 Å². The van der Waals surface area contributed by atoms with Gasteiger partial charge in [-0.15, -0.1) is 0 Å². The van der Waals surface area contributed by atoms with E-state index in [0.717, 1.165) is 43.8 Å². The van der Waals surface area contributed by atoms with Crippen LogP contribution in [0.25, 0.3) is 36.5 Å². The number of hydrogen-bond acceptors (Lipinski definition) is 8. The normalized spacial score (nSPS) is 10.9. The van der Waals surface area contributed by atoms with Gasteiger partial charge >= 0.3 is 5.97 Å². The van der Waals surface area contributed by atoms with Crippen LogP contribution in [0.4, 0.5) is 0 Å². The van der Waals surface area contributed by atoms with Crippen molar-refractivity contribution in [3.63, 3.8) is 0 Å². The number of aromatic carboxylic acids is 1. The molecule has 0 aliphatic carbocycles. The van der Waals surface area contributed by atoms with Crippen molar-refractivity contribution in [3.05, 3.63) is 336 Å². The summed E-state index contributed by atoms with van der Waals surface area (Å²) in [6, 6.07) is 81.1. The number of ether oxygens (including phenoxy) is 3. The zero-order chi connectivity index (χ0) is 57.7. The summed E-state index contributed by atoms with van der Waals surface area (Å²) in [4.78, 5) is 48.1. The lowest BCUT2D eigenvalue weighted by atomic mass is 10.1. The Hall–Kier alpha value is -10.2. The Kier molecular flexibility index (Phi) is 26.8. The highest BCUT2D eigenvalue weighted by molar-refractivity contribution is 7.99. The van der Waals surface area contributed by atoms with Crippen LogP contribution in [0.15, 0.2) is 301 Å². The second-order valence-electron chi connectivity index (χ2n) is 17.5. The number of ketones is 3. The summed E-state index contributed by atoms with van der Waals surface area (Å²) in [7, 11) is 1.50. The molecule has 0 amide bonds. The first kappa shape index (κ1) is 61.0. The average Bonchev–Trinajstić information content (AvgIpc) is 3.61. The zero-order valence-corrected chi connectivity index (χ0v) is 46.1. The van der Waals surface area contributed by atoms with Gasteiger partial charge in [0.2, 0.25) is 0 Å². The topological polar surface area (TPSA) is 116 Å². The average molecular weight is 1100 g/mol. The van der Waals surface area contributed by atoms with Gasteiger partial charge in [0.15, 0.2) is 35.6 Å². The maximum Gasteiger partial charge on any atom is 0.336 e. The number of methoxy groups -OCH3 is 1. The summed E-state index contributed by atoms with van der Waals surface area (Å²) in [6.45, 7) is 0.331. The second-order valence-corrected chi connectivity index (χ2v) is 18.6. The molecule has 0 aliphatic rings. The molecule has 8 nitrogen and oxygen atoms in total. The highest BCUT2D eigenvalue weighted by atomic mass is 32.2. The van der Waals surface area contributed by atoms with Crippen LogP contribution < -0.4 is 9.47 Å². The van der Waals surface area contributed by atoms with E-state index in [9.17, 15) is 24.3 Å². The molecule has 0 aliphatic heterocycles. The molecule has 82 heavy (non-hydrogen) atoms. The van der Waals surface area contributed by atoms with E-state index in [2.05, 4.69) is 0 Å². The number of allylic oxidation sites excluding steroid dienone is 6. The summed E-state index contributed by atoms with van der Waals surface area (Å²) < 4.78 is 16.5. The molecule has 0 fully saturated rings. The number of carbonyl (C=O) groups excluding carboxylic acids is 3. The van der Waals surface area contributed by atoms with Crippen LogP contribution in [0.3, 0.4) is 0 Å². The molecule has 0 saturated heterocycles. The summed E-state index contributed by atoms with van der Waals surface area (Å²) >= 11 is 1.36. The summed E-state index contributed by atoms with van der Waals surface area (Å²) in [5.74, 6) is -0.277. The molecule has 0 unspecified atom stereocenters. The predicted molar refractivity (Wildman–Crippen MR) is 335 cm³/mol. The maximum atomic E-state index is 11.8. The van der Waals surface area contributed by atoms with Gasteiger partial charge < -0.3 is 19.3 Å². The maximum absolute atomic E-state index is 11.8. The highest BCUT2D eigenvalue weighted by Crippen LogP contribution is 2.39. The van der Waals surface area contributed by atoms with Crippen molar-refractivity contribution in [3.8, 4) is 11.5 Å². The molecule has 1 N–H and O–H groups in total. The molecule has 9 heteroatoms. The van der Waals surface area contributed by atoms with Gasteiger partial charge in [0.05, 0.1) is 5.56 Å². The lowest BCUT2D eigenvalue weighted by molar-refractivity contribution is -0.111. The third-order valence-electron chi connectivity index (χ3n) is 11.3. The Labute approximate surface area is 485 Å². The third kappa shape index (κ3) is 24.2. The minimum atomic E-state index is -1.03. The molecular weight excluding hydrogens is 1040 g/mol. The first-order valence-corrected chi connectivity index (χ1v) is 27.0. The van der Waals surface area contributed by atoms with Gasteiger partial charge in [-0.2, -0.15) is 0 Å². The van der Waals surface area contributed by atoms with E-state index in [1.807, 2.05) is 279 Å². The molecule has 9 rings (SSSR count). The van der Waals surface area contributed by atoms with E-state index in [1.165, 1.54) is 24.9 Å². The number of carbonyl (C=O) groups is 4. The molecule has 0 aromatic heterocycles. The first-order chi connectivity index (χ1) is 40.2. The monoisotopic (exact) mass is 1100 g/mol. The number of carboxylic acid groups (broad SMARTS) is 1. The fraction of sp³-hybridized carbons (Fsp3) is 0.0411. The fourth-order valence-electron chi connectivity index (χ4n) is 7.11. The molecule has 408 valence electrons. The van der Waals surface area contributed by atoms with Gasteiger partial charge in [-0.05, 0) is 99.7 Å². The van der Waals surface area contributed by atoms with Gasteiger partial charge in [0, 0.05) is 16.9 Å². The minimum Gasteiger partial charge on any atom is -0.485 e.